The molecule has 0 radical (unpaired) electrons. The van der Waals surface area contributed by atoms with Gasteiger partial charge in [0, 0.05) is 32.9 Å². The van der Waals surface area contributed by atoms with Crippen LogP contribution < -0.4 is 0 Å². The van der Waals surface area contributed by atoms with Gasteiger partial charge in [0.1, 0.15) is 0 Å². The van der Waals surface area contributed by atoms with Gasteiger partial charge in [-0.1, -0.05) is 31.2 Å². The molecule has 0 aliphatic carbocycles. The zero-order chi connectivity index (χ0) is 15.5. The SMILES string of the molecule is CCCOCCCN(Cc1cccc(CCO)c1)C(=O)O. The van der Waals surface area contributed by atoms with Crippen LogP contribution in [0, 0.1) is 0 Å². The van der Waals surface area contributed by atoms with Gasteiger partial charge in [-0.15, -0.1) is 0 Å². The van der Waals surface area contributed by atoms with E-state index in [2.05, 4.69) is 0 Å². The van der Waals surface area contributed by atoms with Crippen LogP contribution in [0.5, 0.6) is 0 Å². The number of benzene rings is 1. The fourth-order valence-corrected chi connectivity index (χ4v) is 2.08. The first kappa shape index (κ1) is 17.5. The van der Waals surface area contributed by atoms with E-state index < -0.39 is 6.09 Å². The molecule has 0 bridgehead atoms. The van der Waals surface area contributed by atoms with Crippen molar-refractivity contribution in [1.29, 1.82) is 0 Å². The van der Waals surface area contributed by atoms with Gasteiger partial charge >= 0.3 is 6.09 Å². The number of nitrogens with zero attached hydrogens (tertiary/aromatic N) is 1. The lowest BCUT2D eigenvalue weighted by atomic mass is 10.1. The molecule has 1 rings (SSSR count). The second kappa shape index (κ2) is 10.2. The third kappa shape index (κ3) is 7.11. The van der Waals surface area contributed by atoms with Crippen molar-refractivity contribution in [2.24, 2.45) is 0 Å². The first-order valence-electron chi connectivity index (χ1n) is 7.41. The molecule has 0 aliphatic heterocycles. The Morgan fingerprint density at radius 1 is 1.29 bits per heavy atom. The van der Waals surface area contributed by atoms with Gasteiger partial charge in [0.25, 0.3) is 0 Å². The van der Waals surface area contributed by atoms with E-state index in [-0.39, 0.29) is 6.61 Å². The van der Waals surface area contributed by atoms with Crippen molar-refractivity contribution in [3.8, 4) is 0 Å². The van der Waals surface area contributed by atoms with E-state index in [9.17, 15) is 9.90 Å². The van der Waals surface area contributed by atoms with Crippen molar-refractivity contribution in [2.75, 3.05) is 26.4 Å². The summed E-state index contributed by atoms with van der Waals surface area (Å²) in [7, 11) is 0. The number of carbonyl (C=O) groups is 1. The third-order valence-electron chi connectivity index (χ3n) is 3.10. The van der Waals surface area contributed by atoms with Crippen LogP contribution in [-0.4, -0.2) is 47.6 Å². The van der Waals surface area contributed by atoms with Crippen molar-refractivity contribution in [3.63, 3.8) is 0 Å². The minimum atomic E-state index is -0.918. The van der Waals surface area contributed by atoms with Crippen LogP contribution in [0.2, 0.25) is 0 Å². The summed E-state index contributed by atoms with van der Waals surface area (Å²) in [6.07, 6.45) is 1.34. The Morgan fingerprint density at radius 3 is 2.71 bits per heavy atom. The van der Waals surface area contributed by atoms with Gasteiger partial charge in [-0.05, 0) is 30.4 Å². The first-order chi connectivity index (χ1) is 10.2. The highest BCUT2D eigenvalue weighted by Crippen LogP contribution is 2.10. The smallest absolute Gasteiger partial charge is 0.407 e. The van der Waals surface area contributed by atoms with E-state index in [1.54, 1.807) is 0 Å². The summed E-state index contributed by atoms with van der Waals surface area (Å²) in [4.78, 5) is 12.7. The molecule has 0 spiro atoms. The number of hydrogen-bond acceptors (Lipinski definition) is 3. The molecule has 5 heteroatoms. The molecule has 0 atom stereocenters. The molecule has 0 heterocycles. The van der Waals surface area contributed by atoms with E-state index in [4.69, 9.17) is 9.84 Å². The van der Waals surface area contributed by atoms with Crippen molar-refractivity contribution >= 4 is 6.09 Å². The summed E-state index contributed by atoms with van der Waals surface area (Å²) >= 11 is 0. The first-order valence-corrected chi connectivity index (χ1v) is 7.41. The summed E-state index contributed by atoms with van der Waals surface area (Å²) in [5, 5.41) is 18.2. The molecule has 0 unspecified atom stereocenters. The molecule has 1 amide bonds. The maximum atomic E-state index is 11.3. The Morgan fingerprint density at radius 2 is 2.05 bits per heavy atom. The Bertz CT molecular complexity index is 422. The average molecular weight is 295 g/mol. The number of aliphatic hydroxyl groups is 1. The number of carboxylic acid groups (broad SMARTS) is 1. The number of ether oxygens (including phenoxy) is 1. The van der Waals surface area contributed by atoms with Crippen molar-refractivity contribution in [3.05, 3.63) is 35.4 Å². The highest BCUT2D eigenvalue weighted by molar-refractivity contribution is 5.65. The molecule has 0 aliphatic rings. The van der Waals surface area contributed by atoms with Gasteiger partial charge in [0.15, 0.2) is 0 Å². The van der Waals surface area contributed by atoms with Crippen LogP contribution in [0.25, 0.3) is 0 Å². The normalized spacial score (nSPS) is 10.6. The summed E-state index contributed by atoms with van der Waals surface area (Å²) in [6.45, 7) is 4.27. The largest absolute Gasteiger partial charge is 0.465 e. The van der Waals surface area contributed by atoms with E-state index in [1.807, 2.05) is 31.2 Å². The Kier molecular flexibility index (Phi) is 8.47. The average Bonchev–Trinajstić information content (AvgIpc) is 2.46. The van der Waals surface area contributed by atoms with E-state index >= 15 is 0 Å². The summed E-state index contributed by atoms with van der Waals surface area (Å²) in [5.74, 6) is 0. The van der Waals surface area contributed by atoms with E-state index in [0.29, 0.717) is 32.5 Å². The lowest BCUT2D eigenvalue weighted by molar-refractivity contribution is 0.111. The highest BCUT2D eigenvalue weighted by atomic mass is 16.5. The minimum absolute atomic E-state index is 0.0981. The quantitative estimate of drug-likeness (QED) is 0.651. The maximum absolute atomic E-state index is 11.3. The molecular weight excluding hydrogens is 270 g/mol. The summed E-state index contributed by atoms with van der Waals surface area (Å²) in [6, 6.07) is 7.68. The van der Waals surface area contributed by atoms with E-state index in [1.165, 1.54) is 4.90 Å². The topological polar surface area (TPSA) is 70.0 Å². The fourth-order valence-electron chi connectivity index (χ4n) is 2.08. The van der Waals surface area contributed by atoms with Crippen LogP contribution in [-0.2, 0) is 17.7 Å². The van der Waals surface area contributed by atoms with Crippen LogP contribution in [0.1, 0.15) is 30.9 Å². The number of amides is 1. The molecule has 0 saturated carbocycles. The minimum Gasteiger partial charge on any atom is -0.465 e. The molecule has 1 aromatic rings. The Labute approximate surface area is 126 Å². The van der Waals surface area contributed by atoms with Crippen molar-refractivity contribution in [1.82, 2.24) is 4.90 Å². The lowest BCUT2D eigenvalue weighted by Crippen LogP contribution is -2.30. The second-order valence-electron chi connectivity index (χ2n) is 4.96. The van der Waals surface area contributed by atoms with Gasteiger partial charge in [-0.3, -0.25) is 0 Å². The second-order valence-corrected chi connectivity index (χ2v) is 4.96. The number of rotatable bonds is 10. The third-order valence-corrected chi connectivity index (χ3v) is 3.10. The van der Waals surface area contributed by atoms with Gasteiger partial charge in [-0.2, -0.15) is 0 Å². The molecule has 0 saturated heterocycles. The molecule has 1 aromatic carbocycles. The van der Waals surface area contributed by atoms with Crippen LogP contribution in [0.15, 0.2) is 24.3 Å². The monoisotopic (exact) mass is 295 g/mol. The number of aliphatic hydroxyl groups excluding tert-OH is 1. The summed E-state index contributed by atoms with van der Waals surface area (Å²) in [5.41, 5.74) is 1.96. The van der Waals surface area contributed by atoms with Crippen LogP contribution >= 0.6 is 0 Å². The Hall–Kier alpha value is -1.59. The number of hydrogen-bond donors (Lipinski definition) is 2. The fraction of sp³-hybridized carbons (Fsp3) is 0.562. The molecule has 2 N–H and O–H groups in total. The molecular formula is C16H25NO4. The summed E-state index contributed by atoms with van der Waals surface area (Å²) < 4.78 is 5.37. The van der Waals surface area contributed by atoms with Crippen molar-refractivity contribution < 1.29 is 19.7 Å². The molecule has 21 heavy (non-hydrogen) atoms. The Balaban J connectivity index is 2.49. The van der Waals surface area contributed by atoms with Gasteiger partial charge in [0.05, 0.1) is 0 Å². The standard InChI is InChI=1S/C16H25NO4/c1-2-10-21-11-4-8-17(16(19)20)13-15-6-3-5-14(12-15)7-9-18/h3,5-6,12,18H,2,4,7-11,13H2,1H3,(H,19,20). The van der Waals surface area contributed by atoms with Gasteiger partial charge in [-0.25, -0.2) is 4.79 Å². The highest BCUT2D eigenvalue weighted by Gasteiger charge is 2.12. The van der Waals surface area contributed by atoms with Gasteiger partial charge in [0.2, 0.25) is 0 Å². The predicted molar refractivity (Wildman–Crippen MR) is 81.4 cm³/mol. The van der Waals surface area contributed by atoms with Crippen molar-refractivity contribution in [2.45, 2.75) is 32.7 Å². The predicted octanol–water partition coefficient (Wildman–Crippen LogP) is 2.52. The zero-order valence-electron chi connectivity index (χ0n) is 12.6. The van der Waals surface area contributed by atoms with E-state index in [0.717, 1.165) is 24.2 Å². The van der Waals surface area contributed by atoms with Gasteiger partial charge < -0.3 is 19.8 Å². The lowest BCUT2D eigenvalue weighted by Gasteiger charge is -2.19. The maximum Gasteiger partial charge on any atom is 0.407 e. The zero-order valence-corrected chi connectivity index (χ0v) is 12.6. The van der Waals surface area contributed by atoms with Crippen LogP contribution in [0.4, 0.5) is 4.79 Å². The molecule has 0 fully saturated rings. The molecule has 5 nitrogen and oxygen atoms in total. The molecule has 0 aromatic heterocycles. The molecule has 118 valence electrons. The van der Waals surface area contributed by atoms with Crippen LogP contribution in [0.3, 0.4) is 0 Å².